The molecular weight excluding hydrogens is 634 g/mol. The zero-order valence-corrected chi connectivity index (χ0v) is 31.9. The van der Waals surface area contributed by atoms with Gasteiger partial charge in [-0.3, -0.25) is 4.79 Å². The van der Waals surface area contributed by atoms with Gasteiger partial charge in [-0.2, -0.15) is 0 Å². The average Bonchev–Trinajstić information content (AvgIpc) is 3.11. The normalized spacial score (nSPS) is 22.4. The molecule has 1 fully saturated rings. The van der Waals surface area contributed by atoms with Crippen LogP contribution >= 0.6 is 0 Å². The van der Waals surface area contributed by atoms with Crippen LogP contribution in [0.4, 0.5) is 0 Å². The van der Waals surface area contributed by atoms with Gasteiger partial charge in [-0.1, -0.05) is 160 Å². The zero-order valence-electron chi connectivity index (χ0n) is 31.9. The van der Waals surface area contributed by atoms with Gasteiger partial charge in [0.05, 0.1) is 25.4 Å². The predicted molar refractivity (Wildman–Crippen MR) is 203 cm³/mol. The predicted octanol–water partition coefficient (Wildman–Crippen LogP) is 7.55. The maximum atomic E-state index is 12.7. The third-order valence-electron chi connectivity index (χ3n) is 9.78. The lowest BCUT2D eigenvalue weighted by atomic mass is 9.99. The standard InChI is InChI=1S/C41H77NO8/c1-3-5-7-9-10-11-12-13-14-15-16-17-18-19-20-21-22-23-24-25-27-28-30-35(44)34(42-37(45)31-29-26-8-6-4-2)33-49-41-40(48)39(47)38(46)36(32-43)50-41/h23-24,28,30,34-36,38-41,43-44,46-48H,3-22,25-27,29,31-33H2,1-2H3,(H,42,45)/b24-23+,30-28+. The highest BCUT2D eigenvalue weighted by Gasteiger charge is 2.44. The summed E-state index contributed by atoms with van der Waals surface area (Å²) in [6, 6.07) is -0.813. The lowest BCUT2D eigenvalue weighted by Gasteiger charge is -2.40. The Morgan fingerprint density at radius 3 is 1.68 bits per heavy atom. The SMILES string of the molecule is CCCCCCCCCCCCCCCCCC/C=C/CC/C=C/C(O)C(COC1OC(CO)C(O)C(O)C1O)NC(=O)CCCCCCC. The molecule has 1 saturated heterocycles. The van der Waals surface area contributed by atoms with Crippen molar-refractivity contribution in [3.63, 3.8) is 0 Å². The van der Waals surface area contributed by atoms with Gasteiger partial charge >= 0.3 is 0 Å². The van der Waals surface area contributed by atoms with Crippen molar-refractivity contribution < 1.29 is 39.8 Å². The molecule has 0 aliphatic carbocycles. The summed E-state index contributed by atoms with van der Waals surface area (Å²) >= 11 is 0. The van der Waals surface area contributed by atoms with Crippen molar-refractivity contribution in [1.29, 1.82) is 0 Å². The Hall–Kier alpha value is -1.33. The molecular formula is C41H77NO8. The van der Waals surface area contributed by atoms with Crippen molar-refractivity contribution in [3.8, 4) is 0 Å². The third kappa shape index (κ3) is 23.3. The van der Waals surface area contributed by atoms with E-state index in [1.54, 1.807) is 6.08 Å². The van der Waals surface area contributed by atoms with Crippen LogP contribution in [0.2, 0.25) is 0 Å². The highest BCUT2D eigenvalue weighted by atomic mass is 16.7. The minimum atomic E-state index is -1.57. The molecule has 0 aromatic rings. The van der Waals surface area contributed by atoms with E-state index in [1.165, 1.54) is 103 Å². The number of carbonyl (C=O) groups is 1. The number of hydrogen-bond donors (Lipinski definition) is 6. The van der Waals surface area contributed by atoms with E-state index in [-0.39, 0.29) is 12.5 Å². The monoisotopic (exact) mass is 712 g/mol. The van der Waals surface area contributed by atoms with E-state index in [0.717, 1.165) is 51.4 Å². The fourth-order valence-electron chi connectivity index (χ4n) is 6.41. The Morgan fingerprint density at radius 1 is 0.660 bits per heavy atom. The molecule has 294 valence electrons. The number of rotatable bonds is 33. The average molecular weight is 712 g/mol. The number of ether oxygens (including phenoxy) is 2. The summed E-state index contributed by atoms with van der Waals surface area (Å²) < 4.78 is 11.1. The van der Waals surface area contributed by atoms with Gasteiger partial charge in [0.2, 0.25) is 5.91 Å². The second-order valence-electron chi connectivity index (χ2n) is 14.4. The van der Waals surface area contributed by atoms with Gasteiger partial charge in [0.15, 0.2) is 6.29 Å². The lowest BCUT2D eigenvalue weighted by Crippen LogP contribution is -2.60. The third-order valence-corrected chi connectivity index (χ3v) is 9.78. The molecule has 0 saturated carbocycles. The maximum Gasteiger partial charge on any atom is 0.220 e. The first kappa shape index (κ1) is 46.7. The molecule has 9 heteroatoms. The molecule has 50 heavy (non-hydrogen) atoms. The number of hydrogen-bond acceptors (Lipinski definition) is 8. The van der Waals surface area contributed by atoms with Crippen molar-refractivity contribution in [2.24, 2.45) is 0 Å². The molecule has 7 atom stereocenters. The summed E-state index contributed by atoms with van der Waals surface area (Å²) in [4.78, 5) is 12.7. The number of amides is 1. The van der Waals surface area contributed by atoms with E-state index in [9.17, 15) is 30.3 Å². The highest BCUT2D eigenvalue weighted by Crippen LogP contribution is 2.22. The summed E-state index contributed by atoms with van der Waals surface area (Å²) in [5, 5.41) is 53.7. The second-order valence-corrected chi connectivity index (χ2v) is 14.4. The Bertz CT molecular complexity index is 837. The van der Waals surface area contributed by atoms with Gasteiger partial charge in [-0.25, -0.2) is 0 Å². The number of allylic oxidation sites excluding steroid dienone is 3. The number of nitrogens with one attached hydrogen (secondary N) is 1. The second kappa shape index (κ2) is 32.3. The minimum absolute atomic E-state index is 0.199. The molecule has 0 bridgehead atoms. The van der Waals surface area contributed by atoms with Crippen LogP contribution in [0.15, 0.2) is 24.3 Å². The summed E-state index contributed by atoms with van der Waals surface area (Å²) in [6.07, 6.45) is 29.9. The summed E-state index contributed by atoms with van der Waals surface area (Å²) in [6.45, 7) is 3.65. The lowest BCUT2D eigenvalue weighted by molar-refractivity contribution is -0.302. The zero-order chi connectivity index (χ0) is 36.7. The van der Waals surface area contributed by atoms with E-state index in [1.807, 2.05) is 6.08 Å². The first-order valence-electron chi connectivity index (χ1n) is 20.6. The molecule has 0 aromatic carbocycles. The van der Waals surface area contributed by atoms with Gasteiger partial charge in [0.25, 0.3) is 0 Å². The largest absolute Gasteiger partial charge is 0.394 e. The van der Waals surface area contributed by atoms with Crippen molar-refractivity contribution in [3.05, 3.63) is 24.3 Å². The molecule has 9 nitrogen and oxygen atoms in total. The van der Waals surface area contributed by atoms with Crippen LogP contribution in [0, 0.1) is 0 Å². The fraction of sp³-hybridized carbons (Fsp3) is 0.878. The number of aliphatic hydroxyl groups is 5. The number of unbranched alkanes of at least 4 members (excludes halogenated alkanes) is 21. The van der Waals surface area contributed by atoms with E-state index in [4.69, 9.17) is 9.47 Å². The molecule has 0 aromatic heterocycles. The van der Waals surface area contributed by atoms with Crippen molar-refractivity contribution >= 4 is 5.91 Å². The first-order chi connectivity index (χ1) is 24.3. The molecule has 0 spiro atoms. The Kier molecular flexibility index (Phi) is 30.2. The van der Waals surface area contributed by atoms with Gasteiger partial charge in [-0.05, 0) is 32.1 Å². The van der Waals surface area contributed by atoms with Crippen molar-refractivity contribution in [1.82, 2.24) is 5.32 Å². The molecule has 1 aliphatic rings. The minimum Gasteiger partial charge on any atom is -0.394 e. The molecule has 7 unspecified atom stereocenters. The van der Waals surface area contributed by atoms with Crippen LogP contribution in [0.5, 0.6) is 0 Å². The summed E-state index contributed by atoms with van der Waals surface area (Å²) in [7, 11) is 0. The molecule has 6 N–H and O–H groups in total. The Balaban J connectivity index is 2.28. The van der Waals surface area contributed by atoms with Crippen LogP contribution < -0.4 is 5.32 Å². The van der Waals surface area contributed by atoms with Crippen LogP contribution in [0.1, 0.15) is 174 Å². The quantitative estimate of drug-likeness (QED) is 0.0302. The van der Waals surface area contributed by atoms with Crippen LogP contribution in [-0.2, 0) is 14.3 Å². The summed E-state index contributed by atoms with van der Waals surface area (Å²) in [5.41, 5.74) is 0. The summed E-state index contributed by atoms with van der Waals surface area (Å²) in [5.74, 6) is -0.201. The number of aliphatic hydroxyl groups excluding tert-OH is 5. The Morgan fingerprint density at radius 2 is 1.14 bits per heavy atom. The fourth-order valence-corrected chi connectivity index (χ4v) is 6.41. The molecule has 1 aliphatic heterocycles. The molecule has 1 heterocycles. The van der Waals surface area contributed by atoms with Crippen molar-refractivity contribution in [2.75, 3.05) is 13.2 Å². The van der Waals surface area contributed by atoms with Gasteiger partial charge < -0.3 is 40.3 Å². The van der Waals surface area contributed by atoms with Crippen LogP contribution in [0.3, 0.4) is 0 Å². The van der Waals surface area contributed by atoms with Gasteiger partial charge in [-0.15, -0.1) is 0 Å². The van der Waals surface area contributed by atoms with Crippen molar-refractivity contribution in [2.45, 2.75) is 217 Å². The van der Waals surface area contributed by atoms with Gasteiger partial charge in [0.1, 0.15) is 24.4 Å². The first-order valence-corrected chi connectivity index (χ1v) is 20.6. The highest BCUT2D eigenvalue weighted by molar-refractivity contribution is 5.76. The van der Waals surface area contributed by atoms with E-state index < -0.39 is 49.5 Å². The number of carbonyl (C=O) groups excluding carboxylic acids is 1. The molecule has 0 radical (unpaired) electrons. The smallest absolute Gasteiger partial charge is 0.220 e. The maximum absolute atomic E-state index is 12.7. The van der Waals surface area contributed by atoms with Crippen LogP contribution in [0.25, 0.3) is 0 Å². The van der Waals surface area contributed by atoms with Gasteiger partial charge in [0, 0.05) is 6.42 Å². The Labute approximate surface area is 305 Å². The molecule has 1 amide bonds. The molecule has 1 rings (SSSR count). The van der Waals surface area contributed by atoms with E-state index >= 15 is 0 Å². The van der Waals surface area contributed by atoms with Crippen LogP contribution in [-0.4, -0.2) is 87.5 Å². The van der Waals surface area contributed by atoms with E-state index in [2.05, 4.69) is 31.3 Å². The van der Waals surface area contributed by atoms with E-state index in [0.29, 0.717) is 6.42 Å². The topological polar surface area (TPSA) is 149 Å².